The van der Waals surface area contributed by atoms with E-state index in [4.69, 9.17) is 4.42 Å². The van der Waals surface area contributed by atoms with E-state index in [9.17, 15) is 14.4 Å². The van der Waals surface area contributed by atoms with Crippen LogP contribution in [0, 0.1) is 0 Å². The van der Waals surface area contributed by atoms with Crippen LogP contribution in [0.3, 0.4) is 0 Å². The van der Waals surface area contributed by atoms with E-state index in [2.05, 4.69) is 16.8 Å². The van der Waals surface area contributed by atoms with Crippen molar-refractivity contribution in [2.75, 3.05) is 52.2 Å². The third-order valence-electron chi connectivity index (χ3n) is 4.36. The Morgan fingerprint density at radius 2 is 1.42 bits per heavy atom. The van der Waals surface area contributed by atoms with Crippen LogP contribution in [-0.4, -0.2) is 79.9 Å². The molecule has 8 heteroatoms. The highest BCUT2D eigenvalue weighted by Gasteiger charge is 2.38. The van der Waals surface area contributed by atoms with Gasteiger partial charge in [-0.2, -0.15) is 0 Å². The maximum atomic E-state index is 12.2. The summed E-state index contributed by atoms with van der Waals surface area (Å²) >= 11 is 0. The summed E-state index contributed by atoms with van der Waals surface area (Å²) in [6.07, 6.45) is 1.39. The Kier molecular flexibility index (Phi) is 6.20. The van der Waals surface area contributed by atoms with Crippen molar-refractivity contribution in [1.82, 2.24) is 14.7 Å². The molecular weight excluding hydrogens is 336 g/mol. The van der Waals surface area contributed by atoms with Gasteiger partial charge in [0.15, 0.2) is 5.88 Å². The quantitative estimate of drug-likeness (QED) is 0.586. The number of barbiturate groups is 1. The van der Waals surface area contributed by atoms with Crippen LogP contribution in [0.2, 0.25) is 0 Å². The fraction of sp³-hybridized carbons (Fsp3) is 0.500. The Labute approximate surface area is 153 Å². The van der Waals surface area contributed by atoms with Crippen LogP contribution in [0.1, 0.15) is 19.6 Å². The molecule has 2 fully saturated rings. The highest BCUT2D eigenvalue weighted by atomic mass is 16.4. The Hall–Kier alpha value is -2.61. The monoisotopic (exact) mass is 362 g/mol. The number of imide groups is 2. The molecule has 0 aliphatic carbocycles. The van der Waals surface area contributed by atoms with E-state index < -0.39 is 17.8 Å². The minimum absolute atomic E-state index is 0.0844. The summed E-state index contributed by atoms with van der Waals surface area (Å²) in [5, 5.41) is 0. The number of anilines is 1. The zero-order valence-electron chi connectivity index (χ0n) is 16.0. The molecule has 0 N–H and O–H groups in total. The maximum absolute atomic E-state index is 12.2. The lowest BCUT2D eigenvalue weighted by Crippen LogP contribution is -2.52. The number of carbonyl (C=O) groups is 3. The number of urea groups is 1. The Morgan fingerprint density at radius 1 is 0.885 bits per heavy atom. The van der Waals surface area contributed by atoms with Gasteiger partial charge in [-0.3, -0.25) is 19.4 Å². The number of hydrogen-bond acceptors (Lipinski definition) is 6. The second-order valence-electron chi connectivity index (χ2n) is 6.04. The van der Waals surface area contributed by atoms with Crippen molar-refractivity contribution < 1.29 is 18.8 Å². The van der Waals surface area contributed by atoms with Gasteiger partial charge in [0.1, 0.15) is 11.3 Å². The molecule has 3 rings (SSSR count). The van der Waals surface area contributed by atoms with Gasteiger partial charge in [0.05, 0.1) is 0 Å². The first-order valence-electron chi connectivity index (χ1n) is 8.73. The maximum Gasteiger partial charge on any atom is 0.333 e. The summed E-state index contributed by atoms with van der Waals surface area (Å²) in [5.41, 5.74) is -0.0844. The van der Waals surface area contributed by atoms with Crippen LogP contribution in [0.4, 0.5) is 10.7 Å². The molecule has 8 nitrogen and oxygen atoms in total. The van der Waals surface area contributed by atoms with E-state index in [0.29, 0.717) is 11.6 Å². The van der Waals surface area contributed by atoms with Crippen molar-refractivity contribution in [3.8, 4) is 0 Å². The van der Waals surface area contributed by atoms with Gasteiger partial charge in [0.2, 0.25) is 0 Å². The third-order valence-corrected chi connectivity index (χ3v) is 4.36. The minimum Gasteiger partial charge on any atom is -0.441 e. The van der Waals surface area contributed by atoms with Crippen molar-refractivity contribution in [2.24, 2.45) is 0 Å². The van der Waals surface area contributed by atoms with Crippen LogP contribution in [0.15, 0.2) is 22.1 Å². The average Bonchev–Trinajstić information content (AvgIpc) is 3.13. The molecule has 4 amide bonds. The highest BCUT2D eigenvalue weighted by molar-refractivity contribution is 6.30. The number of furan rings is 1. The van der Waals surface area contributed by atoms with Gasteiger partial charge in [0, 0.05) is 46.3 Å². The summed E-state index contributed by atoms with van der Waals surface area (Å²) in [5.74, 6) is -0.124. The molecule has 0 atom stereocenters. The number of hydrogen-bond donors (Lipinski definition) is 0. The molecule has 0 spiro atoms. The molecule has 0 unspecified atom stereocenters. The van der Waals surface area contributed by atoms with Crippen molar-refractivity contribution in [1.29, 1.82) is 0 Å². The van der Waals surface area contributed by atoms with Crippen LogP contribution < -0.4 is 4.90 Å². The van der Waals surface area contributed by atoms with Crippen LogP contribution in [0.5, 0.6) is 0 Å². The molecule has 0 bridgehead atoms. The van der Waals surface area contributed by atoms with E-state index in [1.165, 1.54) is 20.2 Å². The van der Waals surface area contributed by atoms with Crippen molar-refractivity contribution in [3.05, 3.63) is 23.5 Å². The van der Waals surface area contributed by atoms with Crippen LogP contribution in [0.25, 0.3) is 6.08 Å². The summed E-state index contributed by atoms with van der Waals surface area (Å²) in [7, 11) is 4.77. The van der Waals surface area contributed by atoms with E-state index in [1.807, 2.05) is 19.9 Å². The number of nitrogens with zero attached hydrogens (tertiary/aromatic N) is 4. The molecule has 26 heavy (non-hydrogen) atoms. The Bertz CT molecular complexity index is 691. The zero-order valence-corrected chi connectivity index (χ0v) is 16.0. The fourth-order valence-corrected chi connectivity index (χ4v) is 2.73. The van der Waals surface area contributed by atoms with E-state index in [0.717, 1.165) is 36.0 Å². The topological polar surface area (TPSA) is 77.3 Å². The van der Waals surface area contributed by atoms with E-state index >= 15 is 0 Å². The predicted octanol–water partition coefficient (Wildman–Crippen LogP) is 1.49. The molecule has 0 aromatic carbocycles. The molecular formula is C18H26N4O4. The first-order valence-corrected chi connectivity index (χ1v) is 8.73. The number of piperazine rings is 1. The van der Waals surface area contributed by atoms with Crippen LogP contribution >= 0.6 is 0 Å². The van der Waals surface area contributed by atoms with Gasteiger partial charge in [-0.1, -0.05) is 13.8 Å². The number of likely N-dealkylation sites (N-methyl/N-ethyl adjacent to an activating group) is 3. The number of amides is 4. The van der Waals surface area contributed by atoms with Crippen molar-refractivity contribution in [3.63, 3.8) is 0 Å². The predicted molar refractivity (Wildman–Crippen MR) is 98.7 cm³/mol. The first-order chi connectivity index (χ1) is 12.4. The second kappa shape index (κ2) is 8.18. The van der Waals surface area contributed by atoms with E-state index in [-0.39, 0.29) is 5.57 Å². The summed E-state index contributed by atoms with van der Waals surface area (Å²) < 4.78 is 5.76. The standard InChI is InChI=1S/C16H20N4O4.C2H6/c1-17-6-8-20(9-7-17)13-5-4-11(24-13)10-12-14(21)18(2)16(23)19(3)15(12)22;1-2/h4-5,10H,6-9H2,1-3H3;1-2H3. The summed E-state index contributed by atoms with van der Waals surface area (Å²) in [6, 6.07) is 2.91. The average molecular weight is 362 g/mol. The third kappa shape index (κ3) is 3.80. The molecule has 2 aliphatic heterocycles. The van der Waals surface area contributed by atoms with Gasteiger partial charge in [-0.05, 0) is 19.2 Å². The molecule has 0 saturated carbocycles. The number of carbonyl (C=O) groups excluding carboxylic acids is 3. The number of rotatable bonds is 2. The molecule has 2 saturated heterocycles. The smallest absolute Gasteiger partial charge is 0.333 e. The fourth-order valence-electron chi connectivity index (χ4n) is 2.73. The molecule has 2 aliphatic rings. The highest BCUT2D eigenvalue weighted by Crippen LogP contribution is 2.23. The Morgan fingerprint density at radius 3 is 1.96 bits per heavy atom. The van der Waals surface area contributed by atoms with E-state index in [1.54, 1.807) is 6.07 Å². The van der Waals surface area contributed by atoms with Gasteiger partial charge in [-0.25, -0.2) is 4.79 Å². The largest absolute Gasteiger partial charge is 0.441 e. The molecule has 1 aromatic heterocycles. The summed E-state index contributed by atoms with van der Waals surface area (Å²) in [4.78, 5) is 42.3. The van der Waals surface area contributed by atoms with Gasteiger partial charge in [0.25, 0.3) is 11.8 Å². The lowest BCUT2D eigenvalue weighted by Gasteiger charge is -2.32. The molecule has 3 heterocycles. The first kappa shape index (κ1) is 19.7. The summed E-state index contributed by atoms with van der Waals surface area (Å²) in [6.45, 7) is 7.62. The second-order valence-corrected chi connectivity index (χ2v) is 6.04. The van der Waals surface area contributed by atoms with Crippen molar-refractivity contribution >= 4 is 29.8 Å². The van der Waals surface area contributed by atoms with Crippen LogP contribution in [-0.2, 0) is 9.59 Å². The Balaban J connectivity index is 0.00000117. The lowest BCUT2D eigenvalue weighted by molar-refractivity contribution is -0.134. The minimum atomic E-state index is -0.639. The molecule has 0 radical (unpaired) electrons. The molecule has 142 valence electrons. The zero-order chi connectivity index (χ0) is 19.4. The normalized spacial score (nSPS) is 18.9. The van der Waals surface area contributed by atoms with Gasteiger partial charge < -0.3 is 14.2 Å². The lowest BCUT2D eigenvalue weighted by atomic mass is 10.1. The van der Waals surface area contributed by atoms with Crippen molar-refractivity contribution in [2.45, 2.75) is 13.8 Å². The van der Waals surface area contributed by atoms with Gasteiger partial charge >= 0.3 is 6.03 Å². The van der Waals surface area contributed by atoms with Gasteiger partial charge in [-0.15, -0.1) is 0 Å². The SMILES string of the molecule is CC.CN1CCN(c2ccc(C=C3C(=O)N(C)C(=O)N(C)C3=O)o2)CC1. The molecule has 1 aromatic rings.